The maximum Gasteiger partial charge on any atom is 0.352 e. The molecule has 0 saturated carbocycles. The van der Waals surface area contributed by atoms with Gasteiger partial charge in [0, 0.05) is 13.2 Å². The Kier molecular flexibility index (Phi) is 4.76. The van der Waals surface area contributed by atoms with Crippen LogP contribution in [0.1, 0.15) is 26.2 Å². The van der Waals surface area contributed by atoms with E-state index in [-0.39, 0.29) is 23.7 Å². The Balaban J connectivity index is 1.94. The van der Waals surface area contributed by atoms with Crippen molar-refractivity contribution in [3.8, 4) is 0 Å². The highest BCUT2D eigenvalue weighted by molar-refractivity contribution is 6.00. The van der Waals surface area contributed by atoms with E-state index in [1.807, 2.05) is 6.08 Å². The molecule has 3 aliphatic heterocycles. The van der Waals surface area contributed by atoms with Crippen LogP contribution in [0.3, 0.4) is 0 Å². The summed E-state index contributed by atoms with van der Waals surface area (Å²) in [5.74, 6) is -1.94. The van der Waals surface area contributed by atoms with Crippen molar-refractivity contribution >= 4 is 11.9 Å². The molecule has 7 nitrogen and oxygen atoms in total. The maximum absolute atomic E-state index is 12.3. The molecule has 4 atom stereocenters. The standard InChI is InChI=1S/C17H24N2O5/c1-9(20)14-13-7-12(15(17(22)23)19(13)16(14)21)10(8-24-2)6-11-4-3-5-18-11/h6,9,11,13-14,18,20H,3-5,7-8H2,1-2H3,(H,22,23)/b10-6+/t9-,11+,13-,14-/m1/s1. The number of hydrogen-bond donors (Lipinski definition) is 3. The van der Waals surface area contributed by atoms with Gasteiger partial charge in [-0.2, -0.15) is 0 Å². The summed E-state index contributed by atoms with van der Waals surface area (Å²) in [5, 5.41) is 22.8. The quantitative estimate of drug-likeness (QED) is 0.602. The molecule has 0 aliphatic carbocycles. The minimum atomic E-state index is -1.11. The molecule has 0 spiro atoms. The first-order chi connectivity index (χ1) is 11.5. The van der Waals surface area contributed by atoms with Crippen LogP contribution in [0.2, 0.25) is 0 Å². The van der Waals surface area contributed by atoms with Gasteiger partial charge in [-0.15, -0.1) is 0 Å². The van der Waals surface area contributed by atoms with E-state index in [0.29, 0.717) is 18.6 Å². The van der Waals surface area contributed by atoms with E-state index in [1.54, 1.807) is 14.0 Å². The van der Waals surface area contributed by atoms with Gasteiger partial charge in [-0.3, -0.25) is 4.79 Å². The van der Waals surface area contributed by atoms with Crippen molar-refractivity contribution in [2.75, 3.05) is 20.3 Å². The number of carboxylic acids is 1. The molecule has 7 heteroatoms. The van der Waals surface area contributed by atoms with Crippen molar-refractivity contribution in [1.29, 1.82) is 0 Å². The molecule has 0 aromatic heterocycles. The van der Waals surface area contributed by atoms with Crippen LogP contribution >= 0.6 is 0 Å². The van der Waals surface area contributed by atoms with Gasteiger partial charge in [0.05, 0.1) is 24.7 Å². The Bertz CT molecular complexity index is 604. The number of amides is 1. The summed E-state index contributed by atoms with van der Waals surface area (Å²) >= 11 is 0. The number of carbonyl (C=O) groups is 2. The molecule has 132 valence electrons. The van der Waals surface area contributed by atoms with Crippen molar-refractivity contribution < 1.29 is 24.5 Å². The monoisotopic (exact) mass is 336 g/mol. The number of nitrogens with one attached hydrogen (secondary N) is 1. The molecule has 24 heavy (non-hydrogen) atoms. The second-order valence-corrected chi connectivity index (χ2v) is 6.71. The van der Waals surface area contributed by atoms with Gasteiger partial charge in [-0.1, -0.05) is 6.08 Å². The molecule has 3 N–H and O–H groups in total. The molecule has 0 bridgehead atoms. The lowest BCUT2D eigenvalue weighted by Gasteiger charge is -2.44. The van der Waals surface area contributed by atoms with Crippen LogP contribution in [-0.4, -0.2) is 65.4 Å². The summed E-state index contributed by atoms with van der Waals surface area (Å²) in [5.41, 5.74) is 1.52. The lowest BCUT2D eigenvalue weighted by Crippen LogP contribution is -2.61. The zero-order valence-electron chi connectivity index (χ0n) is 14.0. The Labute approximate surface area is 141 Å². The Hall–Kier alpha value is -1.70. The number of nitrogens with zero attached hydrogens (tertiary/aromatic N) is 1. The largest absolute Gasteiger partial charge is 0.477 e. The summed E-state index contributed by atoms with van der Waals surface area (Å²) in [6, 6.07) is -0.0652. The van der Waals surface area contributed by atoms with E-state index in [9.17, 15) is 19.8 Å². The number of methoxy groups -OCH3 is 1. The second kappa shape index (κ2) is 6.66. The van der Waals surface area contributed by atoms with E-state index < -0.39 is 18.0 Å². The molecule has 1 amide bonds. The van der Waals surface area contributed by atoms with Crippen molar-refractivity contribution in [3.05, 3.63) is 22.9 Å². The van der Waals surface area contributed by atoms with Crippen LogP contribution in [-0.2, 0) is 14.3 Å². The van der Waals surface area contributed by atoms with Crippen LogP contribution in [0.4, 0.5) is 0 Å². The number of aliphatic carboxylic acids is 1. The van der Waals surface area contributed by atoms with Crippen LogP contribution in [0.15, 0.2) is 22.9 Å². The molecular formula is C17H24N2O5. The van der Waals surface area contributed by atoms with E-state index in [0.717, 1.165) is 25.0 Å². The van der Waals surface area contributed by atoms with E-state index >= 15 is 0 Å². The van der Waals surface area contributed by atoms with Crippen molar-refractivity contribution in [3.63, 3.8) is 0 Å². The predicted molar refractivity (Wildman–Crippen MR) is 86.1 cm³/mol. The number of aliphatic hydroxyl groups excluding tert-OH is 1. The SMILES string of the molecule is COC/C(=C\[C@@H]1CCCN1)C1=C(C(=O)O)N2C(=O)[C@H]([C@@H](C)O)[C@H]2C1. The van der Waals surface area contributed by atoms with E-state index in [2.05, 4.69) is 5.32 Å². The second-order valence-electron chi connectivity index (χ2n) is 6.71. The molecule has 3 rings (SSSR count). The smallest absolute Gasteiger partial charge is 0.352 e. The Morgan fingerprint density at radius 3 is 2.83 bits per heavy atom. The van der Waals surface area contributed by atoms with Gasteiger partial charge in [0.15, 0.2) is 0 Å². The third-order valence-corrected chi connectivity index (χ3v) is 5.12. The first kappa shape index (κ1) is 17.1. The third-order valence-electron chi connectivity index (χ3n) is 5.12. The Morgan fingerprint density at radius 2 is 2.29 bits per heavy atom. The Morgan fingerprint density at radius 1 is 1.54 bits per heavy atom. The molecule has 0 unspecified atom stereocenters. The van der Waals surface area contributed by atoms with Crippen LogP contribution in [0.25, 0.3) is 0 Å². The summed E-state index contributed by atoms with van der Waals surface area (Å²) in [6.07, 6.45) is 3.79. The fourth-order valence-electron chi connectivity index (χ4n) is 4.04. The van der Waals surface area contributed by atoms with Crippen LogP contribution < -0.4 is 5.32 Å². The fraction of sp³-hybridized carbons (Fsp3) is 0.647. The van der Waals surface area contributed by atoms with Gasteiger partial charge in [-0.05, 0) is 43.9 Å². The fourth-order valence-corrected chi connectivity index (χ4v) is 4.04. The number of β-lactam (4-membered cyclic amide) rings is 1. The first-order valence-corrected chi connectivity index (χ1v) is 8.36. The summed E-state index contributed by atoms with van der Waals surface area (Å²) < 4.78 is 5.27. The molecule has 0 aromatic carbocycles. The average molecular weight is 336 g/mol. The number of hydrogen-bond acceptors (Lipinski definition) is 5. The molecule has 0 aromatic rings. The molecule has 2 saturated heterocycles. The van der Waals surface area contributed by atoms with Gasteiger partial charge in [-0.25, -0.2) is 4.79 Å². The van der Waals surface area contributed by atoms with Crippen molar-refractivity contribution in [2.45, 2.75) is 44.4 Å². The van der Waals surface area contributed by atoms with Gasteiger partial charge in [0.1, 0.15) is 5.70 Å². The minimum absolute atomic E-state index is 0.0446. The molecule has 2 fully saturated rings. The summed E-state index contributed by atoms with van der Waals surface area (Å²) in [7, 11) is 1.57. The molecule has 3 aliphatic rings. The number of carboxylic acid groups (broad SMARTS) is 1. The summed E-state index contributed by atoms with van der Waals surface area (Å²) in [6.45, 7) is 2.83. The topological polar surface area (TPSA) is 99.1 Å². The van der Waals surface area contributed by atoms with Crippen LogP contribution in [0, 0.1) is 5.92 Å². The minimum Gasteiger partial charge on any atom is -0.477 e. The van der Waals surface area contributed by atoms with E-state index in [1.165, 1.54) is 4.90 Å². The lowest BCUT2D eigenvalue weighted by molar-refractivity contribution is -0.161. The average Bonchev–Trinajstić information content (AvgIpc) is 3.11. The normalized spacial score (nSPS) is 31.3. The highest BCUT2D eigenvalue weighted by Crippen LogP contribution is 2.45. The van der Waals surface area contributed by atoms with E-state index in [4.69, 9.17) is 4.74 Å². The number of rotatable bonds is 6. The van der Waals surface area contributed by atoms with Gasteiger partial charge >= 0.3 is 5.97 Å². The molecule has 3 heterocycles. The lowest BCUT2D eigenvalue weighted by atomic mass is 9.82. The zero-order valence-corrected chi connectivity index (χ0v) is 14.0. The number of ether oxygens (including phenoxy) is 1. The highest BCUT2D eigenvalue weighted by Gasteiger charge is 2.56. The van der Waals surface area contributed by atoms with Crippen molar-refractivity contribution in [2.24, 2.45) is 5.92 Å². The van der Waals surface area contributed by atoms with Gasteiger partial charge in [0.25, 0.3) is 0 Å². The highest BCUT2D eigenvalue weighted by atomic mass is 16.5. The third kappa shape index (κ3) is 2.76. The zero-order chi connectivity index (χ0) is 17.4. The number of aliphatic hydroxyl groups is 1. The summed E-state index contributed by atoms with van der Waals surface area (Å²) in [4.78, 5) is 25.4. The van der Waals surface area contributed by atoms with Gasteiger partial charge in [0.2, 0.25) is 5.91 Å². The first-order valence-electron chi connectivity index (χ1n) is 8.36. The molecular weight excluding hydrogens is 312 g/mol. The predicted octanol–water partition coefficient (Wildman–Crippen LogP) is 0.261. The molecule has 0 radical (unpaired) electrons. The van der Waals surface area contributed by atoms with Gasteiger partial charge < -0.3 is 25.2 Å². The maximum atomic E-state index is 12.3. The number of fused-ring (bicyclic) bond motifs is 1. The van der Waals surface area contributed by atoms with Crippen LogP contribution in [0.5, 0.6) is 0 Å². The number of carbonyl (C=O) groups excluding carboxylic acids is 1. The van der Waals surface area contributed by atoms with Crippen molar-refractivity contribution in [1.82, 2.24) is 10.2 Å².